The molecule has 2 aliphatic carbocycles. The van der Waals surface area contributed by atoms with Crippen LogP contribution in [0.3, 0.4) is 0 Å². The van der Waals surface area contributed by atoms with E-state index in [1.165, 1.54) is 24.1 Å². The van der Waals surface area contributed by atoms with Gasteiger partial charge in [0.25, 0.3) is 0 Å². The second-order valence-electron chi connectivity index (χ2n) is 6.22. The van der Waals surface area contributed by atoms with Crippen LogP contribution in [-0.4, -0.2) is 15.6 Å². The molecule has 1 aromatic carbocycles. The third-order valence-electron chi connectivity index (χ3n) is 4.60. The summed E-state index contributed by atoms with van der Waals surface area (Å²) in [5.41, 5.74) is 4.61. The summed E-state index contributed by atoms with van der Waals surface area (Å²) in [5.74, 6) is 0.878. The molecular formula is C18H20N2O. The summed E-state index contributed by atoms with van der Waals surface area (Å²) in [5, 5.41) is 4.82. The van der Waals surface area contributed by atoms with Crippen molar-refractivity contribution in [3.63, 3.8) is 0 Å². The molecule has 4 rings (SSSR count). The monoisotopic (exact) mass is 280 g/mol. The number of hydrogen-bond acceptors (Lipinski definition) is 2. The predicted octanol–water partition coefficient (Wildman–Crippen LogP) is 3.52. The van der Waals surface area contributed by atoms with Crippen molar-refractivity contribution in [2.75, 3.05) is 0 Å². The zero-order chi connectivity index (χ0) is 14.2. The molecule has 21 heavy (non-hydrogen) atoms. The number of aromatic nitrogens is 2. The number of fused-ring (bicyclic) bond motifs is 1. The molecule has 1 heterocycles. The molecule has 0 aliphatic heterocycles. The third-order valence-corrected chi connectivity index (χ3v) is 4.60. The van der Waals surface area contributed by atoms with Gasteiger partial charge in [-0.05, 0) is 37.7 Å². The lowest BCUT2D eigenvalue weighted by Gasteiger charge is -2.13. The van der Waals surface area contributed by atoms with Crippen LogP contribution < -0.4 is 0 Å². The number of Topliss-reactive ketones (excluding diaryl/α,β-unsaturated/α-hetero) is 1. The van der Waals surface area contributed by atoms with E-state index in [1.807, 2.05) is 6.07 Å². The van der Waals surface area contributed by atoms with Crippen LogP contribution in [0.1, 0.15) is 58.9 Å². The fourth-order valence-corrected chi connectivity index (χ4v) is 3.32. The largest absolute Gasteiger partial charge is 0.294 e. The quantitative estimate of drug-likeness (QED) is 0.859. The minimum atomic E-state index is 0.323. The Morgan fingerprint density at radius 1 is 1.14 bits per heavy atom. The number of carbonyl (C=O) groups is 1. The number of rotatable bonds is 4. The van der Waals surface area contributed by atoms with Gasteiger partial charge in [-0.2, -0.15) is 5.10 Å². The maximum atomic E-state index is 12.3. The molecule has 1 aromatic heterocycles. The highest BCUT2D eigenvalue weighted by atomic mass is 16.1. The van der Waals surface area contributed by atoms with Crippen LogP contribution in [0.25, 0.3) is 0 Å². The molecule has 0 bridgehead atoms. The molecule has 0 N–H and O–H groups in total. The van der Waals surface area contributed by atoms with E-state index in [2.05, 4.69) is 28.9 Å². The fraction of sp³-hybridized carbons (Fsp3) is 0.444. The van der Waals surface area contributed by atoms with E-state index in [-0.39, 0.29) is 0 Å². The molecule has 0 unspecified atom stereocenters. The lowest BCUT2D eigenvalue weighted by Crippen LogP contribution is -2.15. The van der Waals surface area contributed by atoms with E-state index >= 15 is 0 Å². The third kappa shape index (κ3) is 2.41. The molecule has 3 heteroatoms. The van der Waals surface area contributed by atoms with Crippen molar-refractivity contribution < 1.29 is 4.79 Å². The maximum absolute atomic E-state index is 12.3. The van der Waals surface area contributed by atoms with Gasteiger partial charge in [0, 0.05) is 24.6 Å². The van der Waals surface area contributed by atoms with Gasteiger partial charge in [-0.15, -0.1) is 0 Å². The van der Waals surface area contributed by atoms with Crippen LogP contribution in [0.5, 0.6) is 0 Å². The van der Waals surface area contributed by atoms with E-state index in [0.29, 0.717) is 18.1 Å². The number of carbonyl (C=O) groups excluding carboxylic acids is 1. The first-order chi connectivity index (χ1) is 10.3. The molecule has 1 fully saturated rings. The topological polar surface area (TPSA) is 34.9 Å². The summed E-state index contributed by atoms with van der Waals surface area (Å²) in [6.07, 6.45) is 6.08. The number of aryl methyl sites for hydroxylation is 2. The summed E-state index contributed by atoms with van der Waals surface area (Å²) in [7, 11) is 0. The van der Waals surface area contributed by atoms with Gasteiger partial charge in [-0.3, -0.25) is 9.48 Å². The Morgan fingerprint density at radius 3 is 2.71 bits per heavy atom. The Balaban J connectivity index is 1.63. The van der Waals surface area contributed by atoms with Crippen molar-refractivity contribution in [3.05, 3.63) is 52.8 Å². The Labute approximate surface area is 125 Å². The summed E-state index contributed by atoms with van der Waals surface area (Å²) < 4.78 is 2.12. The van der Waals surface area contributed by atoms with Crippen LogP contribution >= 0.6 is 0 Å². The van der Waals surface area contributed by atoms with Gasteiger partial charge < -0.3 is 0 Å². The highest BCUT2D eigenvalue weighted by Crippen LogP contribution is 2.43. The number of ketones is 1. The average Bonchev–Trinajstić information content (AvgIpc) is 3.29. The van der Waals surface area contributed by atoms with Crippen LogP contribution in [0, 0.1) is 0 Å². The summed E-state index contributed by atoms with van der Waals surface area (Å²) in [4.78, 5) is 12.3. The second-order valence-corrected chi connectivity index (χ2v) is 6.22. The molecule has 2 aliphatic rings. The van der Waals surface area contributed by atoms with Crippen molar-refractivity contribution in [2.45, 2.75) is 51.0 Å². The Hall–Kier alpha value is -1.90. The molecule has 0 atom stereocenters. The molecule has 1 saturated carbocycles. The van der Waals surface area contributed by atoms with Crippen LogP contribution in [0.4, 0.5) is 0 Å². The minimum absolute atomic E-state index is 0.323. The van der Waals surface area contributed by atoms with Crippen molar-refractivity contribution >= 4 is 5.78 Å². The van der Waals surface area contributed by atoms with Gasteiger partial charge in [0.1, 0.15) is 0 Å². The van der Waals surface area contributed by atoms with Crippen LogP contribution in [0.15, 0.2) is 30.3 Å². The first kappa shape index (κ1) is 12.8. The highest BCUT2D eigenvalue weighted by molar-refractivity contribution is 5.99. The molecule has 108 valence electrons. The van der Waals surface area contributed by atoms with E-state index in [0.717, 1.165) is 37.1 Å². The van der Waals surface area contributed by atoms with E-state index in [1.54, 1.807) is 0 Å². The lowest BCUT2D eigenvalue weighted by atomic mass is 9.93. The normalized spacial score (nSPS) is 17.8. The van der Waals surface area contributed by atoms with Gasteiger partial charge in [0.2, 0.25) is 0 Å². The zero-order valence-corrected chi connectivity index (χ0v) is 12.2. The molecule has 0 amide bonds. The van der Waals surface area contributed by atoms with Crippen LogP contribution in [0.2, 0.25) is 0 Å². The van der Waals surface area contributed by atoms with Gasteiger partial charge in [0.15, 0.2) is 5.78 Å². The molecular weight excluding hydrogens is 260 g/mol. The average molecular weight is 280 g/mol. The second kappa shape index (κ2) is 5.14. The highest BCUT2D eigenvalue weighted by Gasteiger charge is 2.35. The van der Waals surface area contributed by atoms with E-state index < -0.39 is 0 Å². The first-order valence-electron chi connectivity index (χ1n) is 7.99. The smallest absolute Gasteiger partial charge is 0.166 e. The van der Waals surface area contributed by atoms with Gasteiger partial charge in [-0.1, -0.05) is 30.3 Å². The summed E-state index contributed by atoms with van der Waals surface area (Å²) >= 11 is 0. The first-order valence-corrected chi connectivity index (χ1v) is 7.99. The van der Waals surface area contributed by atoms with E-state index in [9.17, 15) is 4.79 Å². The van der Waals surface area contributed by atoms with Gasteiger partial charge >= 0.3 is 0 Å². The summed E-state index contributed by atoms with van der Waals surface area (Å²) in [6.45, 7) is 0.881. The zero-order valence-electron chi connectivity index (χ0n) is 12.2. The van der Waals surface area contributed by atoms with Crippen molar-refractivity contribution in [2.24, 2.45) is 0 Å². The van der Waals surface area contributed by atoms with Crippen molar-refractivity contribution in [3.8, 4) is 0 Å². The fourth-order valence-electron chi connectivity index (χ4n) is 3.32. The van der Waals surface area contributed by atoms with Crippen molar-refractivity contribution in [1.82, 2.24) is 9.78 Å². The molecule has 0 spiro atoms. The van der Waals surface area contributed by atoms with Crippen molar-refractivity contribution in [1.29, 1.82) is 0 Å². The SMILES string of the molecule is O=C1CCCc2c1c(C1CC1)nn2CCc1ccccc1. The van der Waals surface area contributed by atoms with Gasteiger partial charge in [0.05, 0.1) is 11.3 Å². The standard InChI is InChI=1S/C18H20N2O/c21-16-8-4-7-15-17(16)18(14-9-10-14)19-20(15)12-11-13-5-2-1-3-6-13/h1-3,5-6,14H,4,7-12H2. The summed E-state index contributed by atoms with van der Waals surface area (Å²) in [6, 6.07) is 10.5. The maximum Gasteiger partial charge on any atom is 0.166 e. The Kier molecular flexibility index (Phi) is 3.13. The Bertz CT molecular complexity index is 668. The molecule has 0 saturated heterocycles. The number of hydrogen-bond donors (Lipinski definition) is 0. The van der Waals surface area contributed by atoms with Crippen LogP contribution in [-0.2, 0) is 19.4 Å². The van der Waals surface area contributed by atoms with E-state index in [4.69, 9.17) is 5.10 Å². The predicted molar refractivity (Wildman–Crippen MR) is 81.6 cm³/mol. The molecule has 0 radical (unpaired) electrons. The lowest BCUT2D eigenvalue weighted by molar-refractivity contribution is 0.0971. The molecule has 3 nitrogen and oxygen atoms in total. The minimum Gasteiger partial charge on any atom is -0.294 e. The Morgan fingerprint density at radius 2 is 1.95 bits per heavy atom. The van der Waals surface area contributed by atoms with Gasteiger partial charge in [-0.25, -0.2) is 0 Å². The molecule has 2 aromatic rings. The number of nitrogens with zero attached hydrogens (tertiary/aromatic N) is 2. The number of benzene rings is 1.